The molecule has 1 fully saturated rings. The Bertz CT molecular complexity index is 1610. The number of carbonyl (C=O) groups excluding carboxylic acids is 1. The molecule has 6 atom stereocenters. The van der Waals surface area contributed by atoms with E-state index in [1.807, 2.05) is 31.2 Å². The van der Waals surface area contributed by atoms with E-state index in [0.29, 0.717) is 36.9 Å². The summed E-state index contributed by atoms with van der Waals surface area (Å²) < 4.78 is 41.3. The molecule has 9 nitrogen and oxygen atoms in total. The first-order valence-corrected chi connectivity index (χ1v) is 17.7. The van der Waals surface area contributed by atoms with Crippen molar-refractivity contribution in [3.8, 4) is 5.75 Å². The van der Waals surface area contributed by atoms with Gasteiger partial charge in [0.05, 0.1) is 23.6 Å². The summed E-state index contributed by atoms with van der Waals surface area (Å²) in [6, 6.07) is 11.2. The van der Waals surface area contributed by atoms with E-state index in [0.717, 1.165) is 37.8 Å². The maximum absolute atomic E-state index is 13.4. The summed E-state index contributed by atoms with van der Waals surface area (Å²) in [4.78, 5) is 27.2. The van der Waals surface area contributed by atoms with Crippen LogP contribution < -0.4 is 14.4 Å². The lowest BCUT2D eigenvalue weighted by atomic mass is 9.68. The van der Waals surface area contributed by atoms with Crippen LogP contribution in [0.2, 0.25) is 5.02 Å². The molecule has 2 aromatic rings. The monoisotopic (exact) mass is 656 g/mol. The summed E-state index contributed by atoms with van der Waals surface area (Å²) in [5, 5.41) is 9.26. The molecule has 2 aromatic carbocycles. The Morgan fingerprint density at radius 3 is 2.78 bits per heavy atom. The van der Waals surface area contributed by atoms with Crippen LogP contribution in [0.4, 0.5) is 5.69 Å². The van der Waals surface area contributed by atoms with Crippen LogP contribution in [0.15, 0.2) is 48.6 Å². The van der Waals surface area contributed by atoms with Crippen molar-refractivity contribution >= 4 is 39.2 Å². The van der Waals surface area contributed by atoms with Gasteiger partial charge >= 0.3 is 5.97 Å². The number of carbonyl (C=O) groups is 2. The molecular formula is C34H41ClN2O7S. The van der Waals surface area contributed by atoms with Crippen LogP contribution in [0.5, 0.6) is 5.75 Å². The lowest BCUT2D eigenvalue weighted by Gasteiger charge is -2.46. The summed E-state index contributed by atoms with van der Waals surface area (Å²) in [5.74, 6) is -1.04. The van der Waals surface area contributed by atoms with Gasteiger partial charge < -0.3 is 19.5 Å². The van der Waals surface area contributed by atoms with Gasteiger partial charge in [0.15, 0.2) is 0 Å². The normalized spacial score (nSPS) is 31.8. The van der Waals surface area contributed by atoms with Crippen molar-refractivity contribution in [3.05, 3.63) is 70.3 Å². The minimum atomic E-state index is -3.98. The second-order valence-electron chi connectivity index (χ2n) is 13.3. The Hall–Kier alpha value is -3.08. The second kappa shape index (κ2) is 12.6. The zero-order valence-corrected chi connectivity index (χ0v) is 27.3. The van der Waals surface area contributed by atoms with Gasteiger partial charge in [-0.15, -0.1) is 0 Å². The van der Waals surface area contributed by atoms with Gasteiger partial charge in [0.1, 0.15) is 12.4 Å². The van der Waals surface area contributed by atoms with Crippen LogP contribution in [0.1, 0.15) is 67.4 Å². The topological polar surface area (TPSA) is 122 Å². The minimum Gasteiger partial charge on any atom is -0.490 e. The van der Waals surface area contributed by atoms with E-state index in [9.17, 15) is 23.1 Å². The Labute approximate surface area is 270 Å². The Balaban J connectivity index is 1.42. The van der Waals surface area contributed by atoms with E-state index in [4.69, 9.17) is 21.1 Å². The molecule has 2 heterocycles. The van der Waals surface area contributed by atoms with E-state index in [1.54, 1.807) is 25.1 Å². The van der Waals surface area contributed by atoms with E-state index < -0.39 is 39.9 Å². The predicted molar refractivity (Wildman–Crippen MR) is 173 cm³/mol. The van der Waals surface area contributed by atoms with Gasteiger partial charge in [0.2, 0.25) is 10.0 Å². The standard InChI is InChI=1S/C34H41ClN2O7S/c1-21-5-3-7-30(43-18-32(38)39)27-11-8-25(27)17-37-19-34(14-4-6-23-15-26(35)10-12-28(23)34)20-44-31-13-9-24(16-29(31)37)33(40)36-45(41,42)22(21)2/h3,7,9-10,12-13,15-16,21-22,25,27,30H,4-6,8,11,14,17-20H2,1-2H3,(H,36,40)(H,38,39)/b7-3-/t21-,22-,25-,27+,30-,34-/m0/s1. The molecule has 4 aliphatic rings. The number of fused-ring (bicyclic) bond motifs is 4. The molecule has 1 spiro atoms. The lowest BCUT2D eigenvalue weighted by Crippen LogP contribution is -2.49. The number of benzene rings is 2. The van der Waals surface area contributed by atoms with Crippen LogP contribution in [0, 0.1) is 17.8 Å². The zero-order valence-electron chi connectivity index (χ0n) is 25.7. The molecule has 2 aliphatic heterocycles. The number of amides is 1. The molecular weight excluding hydrogens is 616 g/mol. The van der Waals surface area contributed by atoms with Crippen LogP contribution in [-0.4, -0.2) is 63.1 Å². The number of nitrogens with zero attached hydrogens (tertiary/aromatic N) is 1. The van der Waals surface area contributed by atoms with Crippen molar-refractivity contribution in [2.45, 2.75) is 69.1 Å². The minimum absolute atomic E-state index is 0.0949. The first kappa shape index (κ1) is 31.9. The Morgan fingerprint density at radius 1 is 1.20 bits per heavy atom. The van der Waals surface area contributed by atoms with Crippen LogP contribution >= 0.6 is 11.6 Å². The van der Waals surface area contributed by atoms with Gasteiger partial charge in [-0.1, -0.05) is 36.7 Å². The highest BCUT2D eigenvalue weighted by molar-refractivity contribution is 7.90. The van der Waals surface area contributed by atoms with Gasteiger partial charge in [-0.3, -0.25) is 4.79 Å². The van der Waals surface area contributed by atoms with Gasteiger partial charge in [-0.25, -0.2) is 17.9 Å². The third-order valence-corrected chi connectivity index (χ3v) is 12.6. The molecule has 0 radical (unpaired) electrons. The molecule has 0 unspecified atom stereocenters. The zero-order chi connectivity index (χ0) is 31.9. The summed E-state index contributed by atoms with van der Waals surface area (Å²) in [7, 11) is -3.98. The van der Waals surface area contributed by atoms with Crippen molar-refractivity contribution in [1.82, 2.24) is 4.72 Å². The van der Waals surface area contributed by atoms with E-state index in [2.05, 4.69) is 15.7 Å². The van der Waals surface area contributed by atoms with Crippen molar-refractivity contribution in [2.24, 2.45) is 17.8 Å². The van der Waals surface area contributed by atoms with E-state index in [1.165, 1.54) is 11.1 Å². The fourth-order valence-corrected chi connectivity index (χ4v) is 8.97. The molecule has 2 N–H and O–H groups in total. The number of carboxylic acids is 1. The summed E-state index contributed by atoms with van der Waals surface area (Å²) >= 11 is 6.40. The quantitative estimate of drug-likeness (QED) is 0.424. The number of halogens is 1. The summed E-state index contributed by atoms with van der Waals surface area (Å²) in [6.45, 7) is 4.78. The third-order valence-electron chi connectivity index (χ3n) is 10.4. The molecule has 6 rings (SSSR count). The average molecular weight is 657 g/mol. The molecule has 11 heteroatoms. The Kier molecular flexibility index (Phi) is 8.93. The number of rotatable bonds is 3. The van der Waals surface area contributed by atoms with Gasteiger partial charge in [0, 0.05) is 29.1 Å². The lowest BCUT2D eigenvalue weighted by molar-refractivity contribution is -0.145. The van der Waals surface area contributed by atoms with E-state index >= 15 is 0 Å². The predicted octanol–water partition coefficient (Wildman–Crippen LogP) is 5.35. The maximum Gasteiger partial charge on any atom is 0.329 e. The first-order chi connectivity index (χ1) is 21.5. The maximum atomic E-state index is 13.4. The number of allylic oxidation sites excluding steroid dienone is 1. The number of ether oxygens (including phenoxy) is 2. The van der Waals surface area contributed by atoms with Crippen molar-refractivity contribution in [3.63, 3.8) is 0 Å². The number of carboxylic acid groups (broad SMARTS) is 1. The Morgan fingerprint density at radius 2 is 2.02 bits per heavy atom. The van der Waals surface area contributed by atoms with Crippen molar-refractivity contribution in [1.29, 1.82) is 0 Å². The molecule has 45 heavy (non-hydrogen) atoms. The number of nitrogens with one attached hydrogen (secondary N) is 1. The smallest absolute Gasteiger partial charge is 0.329 e. The van der Waals surface area contributed by atoms with E-state index in [-0.39, 0.29) is 28.7 Å². The number of aliphatic carboxylic acids is 1. The fraction of sp³-hybridized carbons (Fsp3) is 0.529. The fourth-order valence-electron chi connectivity index (χ4n) is 7.49. The molecule has 1 saturated carbocycles. The van der Waals surface area contributed by atoms with Gasteiger partial charge in [-0.2, -0.15) is 0 Å². The van der Waals surface area contributed by atoms with Crippen LogP contribution in [0.25, 0.3) is 0 Å². The molecule has 1 amide bonds. The highest BCUT2D eigenvalue weighted by atomic mass is 35.5. The van der Waals surface area contributed by atoms with Crippen molar-refractivity contribution < 1.29 is 32.6 Å². The summed E-state index contributed by atoms with van der Waals surface area (Å²) in [5.41, 5.74) is 3.13. The SMILES string of the molecule is C[C@H]1C/C=C\[C@H](OCC(=O)O)[C@@H]2CC[C@H]2CN2C[C@@]3(CCCc4cc(Cl)ccc43)COc3ccc(cc32)C(=O)NS(=O)(=O)[C@H]1C. The number of sulfonamides is 1. The molecule has 2 aliphatic carbocycles. The van der Waals surface area contributed by atoms with Crippen LogP contribution in [-0.2, 0) is 31.4 Å². The summed E-state index contributed by atoms with van der Waals surface area (Å²) in [6.07, 6.45) is 8.54. The number of aryl methyl sites for hydroxylation is 1. The second-order valence-corrected chi connectivity index (χ2v) is 15.8. The number of anilines is 1. The first-order valence-electron chi connectivity index (χ1n) is 15.8. The van der Waals surface area contributed by atoms with Gasteiger partial charge in [0.25, 0.3) is 5.91 Å². The molecule has 0 aromatic heterocycles. The molecule has 242 valence electrons. The molecule has 0 saturated heterocycles. The largest absolute Gasteiger partial charge is 0.490 e. The number of hydrogen-bond donors (Lipinski definition) is 2. The highest BCUT2D eigenvalue weighted by Gasteiger charge is 2.44. The van der Waals surface area contributed by atoms with Gasteiger partial charge in [-0.05, 0) is 105 Å². The molecule has 2 bridgehead atoms. The highest BCUT2D eigenvalue weighted by Crippen LogP contribution is 2.47. The van der Waals surface area contributed by atoms with Crippen molar-refractivity contribution in [2.75, 3.05) is 31.2 Å². The van der Waals surface area contributed by atoms with Crippen LogP contribution in [0.3, 0.4) is 0 Å². The average Bonchev–Trinajstić information content (AvgIpc) is 3.13. The third kappa shape index (κ3) is 6.46. The number of hydrogen-bond acceptors (Lipinski definition) is 7.